The largest absolute Gasteiger partial charge is 0.493 e. The molecule has 0 aliphatic heterocycles. The predicted octanol–water partition coefficient (Wildman–Crippen LogP) is 3.78. The summed E-state index contributed by atoms with van der Waals surface area (Å²) in [6, 6.07) is 16.3. The van der Waals surface area contributed by atoms with Gasteiger partial charge in [0.15, 0.2) is 11.5 Å². The maximum atomic E-state index is 5.98. The Bertz CT molecular complexity index is 660. The first-order chi connectivity index (χ1) is 10.8. The molecule has 22 heavy (non-hydrogen) atoms. The highest BCUT2D eigenvalue weighted by atomic mass is 16.5. The Morgan fingerprint density at radius 2 is 1.86 bits per heavy atom. The van der Waals surface area contributed by atoms with Gasteiger partial charge < -0.3 is 15.2 Å². The van der Waals surface area contributed by atoms with Gasteiger partial charge in [-0.25, -0.2) is 0 Å². The summed E-state index contributed by atoms with van der Waals surface area (Å²) in [5.41, 5.74) is 8.04. The van der Waals surface area contributed by atoms with Crippen molar-refractivity contribution in [1.29, 1.82) is 0 Å². The molecule has 1 saturated carbocycles. The van der Waals surface area contributed by atoms with Crippen LogP contribution in [-0.4, -0.2) is 7.11 Å². The summed E-state index contributed by atoms with van der Waals surface area (Å²) < 4.78 is 11.4. The van der Waals surface area contributed by atoms with Crippen LogP contribution in [0.25, 0.3) is 0 Å². The minimum Gasteiger partial charge on any atom is -0.493 e. The van der Waals surface area contributed by atoms with Gasteiger partial charge in [-0.2, -0.15) is 0 Å². The second-order valence-corrected chi connectivity index (χ2v) is 5.66. The van der Waals surface area contributed by atoms with Gasteiger partial charge in [0.1, 0.15) is 6.61 Å². The van der Waals surface area contributed by atoms with Crippen LogP contribution < -0.4 is 15.2 Å². The lowest BCUT2D eigenvalue weighted by atomic mass is 9.95. The Balaban J connectivity index is 1.82. The lowest BCUT2D eigenvalue weighted by Gasteiger charge is -2.16. The van der Waals surface area contributed by atoms with Crippen molar-refractivity contribution >= 4 is 0 Å². The maximum Gasteiger partial charge on any atom is 0.161 e. The van der Waals surface area contributed by atoms with Gasteiger partial charge in [-0.3, -0.25) is 0 Å². The van der Waals surface area contributed by atoms with Crippen LogP contribution in [0.15, 0.2) is 60.8 Å². The molecule has 3 nitrogen and oxygen atoms in total. The molecular formula is C19H21NO2. The Morgan fingerprint density at radius 1 is 1.09 bits per heavy atom. The number of allylic oxidation sites excluding steroid dienone is 1. The van der Waals surface area contributed by atoms with Crippen molar-refractivity contribution in [2.24, 2.45) is 5.73 Å². The van der Waals surface area contributed by atoms with Crippen molar-refractivity contribution in [2.75, 3.05) is 7.11 Å². The fourth-order valence-electron chi connectivity index (χ4n) is 2.70. The van der Waals surface area contributed by atoms with Crippen LogP contribution in [0.4, 0.5) is 0 Å². The molecule has 0 spiro atoms. The van der Waals surface area contributed by atoms with Gasteiger partial charge in [0.2, 0.25) is 0 Å². The molecule has 0 heterocycles. The quantitative estimate of drug-likeness (QED) is 0.882. The van der Waals surface area contributed by atoms with Crippen LogP contribution in [-0.2, 0) is 12.0 Å². The third kappa shape index (κ3) is 2.93. The zero-order valence-electron chi connectivity index (χ0n) is 12.8. The van der Waals surface area contributed by atoms with Crippen LogP contribution >= 0.6 is 0 Å². The summed E-state index contributed by atoms with van der Waals surface area (Å²) in [6.07, 6.45) is 5.98. The minimum absolute atomic E-state index is 0.0892. The minimum atomic E-state index is 0.0892. The Labute approximate surface area is 131 Å². The molecule has 3 heteroatoms. The van der Waals surface area contributed by atoms with E-state index in [4.69, 9.17) is 15.2 Å². The summed E-state index contributed by atoms with van der Waals surface area (Å²) >= 11 is 0. The van der Waals surface area contributed by atoms with E-state index < -0.39 is 0 Å². The Kier molecular flexibility index (Phi) is 4.05. The summed E-state index contributed by atoms with van der Waals surface area (Å²) in [5, 5.41) is 0. The molecule has 114 valence electrons. The first kappa shape index (κ1) is 14.5. The van der Waals surface area contributed by atoms with E-state index >= 15 is 0 Å². The van der Waals surface area contributed by atoms with Gasteiger partial charge in [-0.15, -0.1) is 0 Å². The van der Waals surface area contributed by atoms with E-state index in [0.717, 1.165) is 29.9 Å². The van der Waals surface area contributed by atoms with Gasteiger partial charge in [0.25, 0.3) is 0 Å². The highest BCUT2D eigenvalue weighted by Gasteiger charge is 2.42. The van der Waals surface area contributed by atoms with Gasteiger partial charge in [0.05, 0.1) is 7.11 Å². The van der Waals surface area contributed by atoms with Crippen LogP contribution in [0.5, 0.6) is 11.5 Å². The van der Waals surface area contributed by atoms with E-state index in [-0.39, 0.29) is 5.41 Å². The second-order valence-electron chi connectivity index (χ2n) is 5.66. The van der Waals surface area contributed by atoms with Crippen molar-refractivity contribution in [3.63, 3.8) is 0 Å². The van der Waals surface area contributed by atoms with E-state index in [9.17, 15) is 0 Å². The number of hydrogen-bond acceptors (Lipinski definition) is 3. The van der Waals surface area contributed by atoms with Gasteiger partial charge in [-0.1, -0.05) is 42.5 Å². The predicted molar refractivity (Wildman–Crippen MR) is 88.0 cm³/mol. The molecule has 3 rings (SSSR count). The highest BCUT2D eigenvalue weighted by Crippen LogP contribution is 2.50. The highest BCUT2D eigenvalue weighted by molar-refractivity contribution is 5.48. The maximum absolute atomic E-state index is 5.98. The van der Waals surface area contributed by atoms with Crippen molar-refractivity contribution in [1.82, 2.24) is 0 Å². The van der Waals surface area contributed by atoms with E-state index in [2.05, 4.69) is 30.3 Å². The lowest BCUT2D eigenvalue weighted by molar-refractivity contribution is 0.284. The molecule has 0 amide bonds. The number of methoxy groups -OCH3 is 1. The van der Waals surface area contributed by atoms with Crippen molar-refractivity contribution < 1.29 is 9.47 Å². The van der Waals surface area contributed by atoms with Crippen molar-refractivity contribution in [2.45, 2.75) is 24.9 Å². The van der Waals surface area contributed by atoms with Crippen molar-refractivity contribution in [3.05, 3.63) is 71.9 Å². The molecule has 2 aromatic rings. The Morgan fingerprint density at radius 3 is 2.50 bits per heavy atom. The molecule has 1 aliphatic carbocycles. The third-order valence-corrected chi connectivity index (χ3v) is 4.18. The number of benzene rings is 2. The molecule has 2 aromatic carbocycles. The van der Waals surface area contributed by atoms with Crippen LogP contribution in [0.2, 0.25) is 0 Å². The molecule has 0 saturated heterocycles. The second kappa shape index (κ2) is 6.14. The molecule has 1 fully saturated rings. The normalized spacial score (nSPS) is 15.7. The number of hydrogen-bond donors (Lipinski definition) is 1. The summed E-state index contributed by atoms with van der Waals surface area (Å²) in [5.74, 6) is 1.53. The number of rotatable bonds is 6. The topological polar surface area (TPSA) is 44.5 Å². The smallest absolute Gasteiger partial charge is 0.161 e. The van der Waals surface area contributed by atoms with Gasteiger partial charge in [-0.05, 0) is 42.3 Å². The van der Waals surface area contributed by atoms with Crippen LogP contribution in [0.1, 0.15) is 24.0 Å². The number of ether oxygens (including phenoxy) is 2. The standard InChI is InChI=1S/C19H21NO2/c1-21-17-8-7-16(19(9-10-19)11-12-20)13-18(17)22-14-15-5-3-2-4-6-15/h2-8,11-13H,9-10,14,20H2,1H3. The van der Waals surface area contributed by atoms with Crippen LogP contribution in [0, 0.1) is 0 Å². The SMILES string of the molecule is COc1ccc(C2(C=CN)CC2)cc1OCc1ccccc1. The van der Waals surface area contributed by atoms with Crippen LogP contribution in [0.3, 0.4) is 0 Å². The monoisotopic (exact) mass is 295 g/mol. The first-order valence-corrected chi connectivity index (χ1v) is 7.52. The zero-order chi connectivity index (χ0) is 15.4. The average molecular weight is 295 g/mol. The molecular weight excluding hydrogens is 274 g/mol. The summed E-state index contributed by atoms with van der Waals surface area (Å²) in [6.45, 7) is 0.528. The lowest BCUT2D eigenvalue weighted by Crippen LogP contribution is -2.05. The average Bonchev–Trinajstić information content (AvgIpc) is 3.35. The van der Waals surface area contributed by atoms with E-state index in [1.165, 1.54) is 5.56 Å². The molecule has 2 N–H and O–H groups in total. The molecule has 0 unspecified atom stereocenters. The number of nitrogens with two attached hydrogens (primary N) is 1. The summed E-state index contributed by atoms with van der Waals surface area (Å²) in [7, 11) is 1.66. The van der Waals surface area contributed by atoms with E-state index in [0.29, 0.717) is 6.61 Å². The first-order valence-electron chi connectivity index (χ1n) is 7.52. The van der Waals surface area contributed by atoms with E-state index in [1.54, 1.807) is 13.3 Å². The zero-order valence-corrected chi connectivity index (χ0v) is 12.8. The molecule has 1 aliphatic rings. The van der Waals surface area contributed by atoms with Gasteiger partial charge >= 0.3 is 0 Å². The molecule has 0 radical (unpaired) electrons. The Hall–Kier alpha value is -2.42. The third-order valence-electron chi connectivity index (χ3n) is 4.18. The molecule has 0 atom stereocenters. The fraction of sp³-hybridized carbons (Fsp3) is 0.263. The molecule has 0 aromatic heterocycles. The van der Waals surface area contributed by atoms with Gasteiger partial charge in [0, 0.05) is 5.41 Å². The van der Waals surface area contributed by atoms with Crippen molar-refractivity contribution in [3.8, 4) is 11.5 Å². The molecule has 0 bridgehead atoms. The van der Waals surface area contributed by atoms with E-state index in [1.807, 2.05) is 24.3 Å². The summed E-state index contributed by atoms with van der Waals surface area (Å²) in [4.78, 5) is 0. The fourth-order valence-corrected chi connectivity index (χ4v) is 2.70.